The monoisotopic (exact) mass is 280 g/mol. The van der Waals surface area contributed by atoms with E-state index >= 15 is 0 Å². The zero-order valence-electron chi connectivity index (χ0n) is 13.1. The molecule has 1 aliphatic rings. The fourth-order valence-corrected chi connectivity index (χ4v) is 2.58. The van der Waals surface area contributed by atoms with Crippen LogP contribution in [0.5, 0.6) is 0 Å². The Balaban J connectivity index is 1.75. The molecule has 1 aromatic rings. The van der Waals surface area contributed by atoms with Gasteiger partial charge in [0.1, 0.15) is 5.76 Å². The molecule has 1 aromatic heterocycles. The molecule has 0 bridgehead atoms. The Kier molecular flexibility index (Phi) is 6.04. The third-order valence-corrected chi connectivity index (χ3v) is 3.90. The average Bonchev–Trinajstić information content (AvgIpc) is 2.86. The van der Waals surface area contributed by atoms with Crippen LogP contribution in [0.25, 0.3) is 0 Å². The predicted octanol–water partition coefficient (Wildman–Crippen LogP) is 0.678. The van der Waals surface area contributed by atoms with E-state index < -0.39 is 0 Å². The third kappa shape index (κ3) is 4.59. The van der Waals surface area contributed by atoms with Crippen LogP contribution in [0.15, 0.2) is 16.7 Å². The van der Waals surface area contributed by atoms with Crippen molar-refractivity contribution >= 4 is 0 Å². The molecule has 0 spiro atoms. The van der Waals surface area contributed by atoms with Gasteiger partial charge in [-0.25, -0.2) is 0 Å². The highest BCUT2D eigenvalue weighted by atomic mass is 16.3. The Hall–Kier alpha value is -0.880. The van der Waals surface area contributed by atoms with Crippen LogP contribution >= 0.6 is 0 Å². The van der Waals surface area contributed by atoms with Gasteiger partial charge in [-0.1, -0.05) is 0 Å². The lowest BCUT2D eigenvalue weighted by molar-refractivity contribution is 0.120. The quantitative estimate of drug-likeness (QED) is 0.794. The van der Waals surface area contributed by atoms with Crippen LogP contribution in [0.4, 0.5) is 0 Å². The van der Waals surface area contributed by atoms with Crippen molar-refractivity contribution in [1.29, 1.82) is 0 Å². The number of likely N-dealkylation sites (N-methyl/N-ethyl adjacent to an activating group) is 1. The summed E-state index contributed by atoms with van der Waals surface area (Å²) in [7, 11) is 6.23. The van der Waals surface area contributed by atoms with Gasteiger partial charge in [0.2, 0.25) is 0 Å². The maximum atomic E-state index is 5.53. The van der Waals surface area contributed by atoms with Crippen molar-refractivity contribution < 1.29 is 4.42 Å². The maximum Gasteiger partial charge on any atom is 0.122 e. The second-order valence-electron chi connectivity index (χ2n) is 5.82. The van der Waals surface area contributed by atoms with E-state index in [1.165, 1.54) is 25.2 Å². The third-order valence-electron chi connectivity index (χ3n) is 3.90. The SMILES string of the molecule is CNCc1occc1CN1CCN(CCN(C)C)CC1. The Morgan fingerprint density at radius 1 is 1.20 bits per heavy atom. The fourth-order valence-electron chi connectivity index (χ4n) is 2.58. The zero-order chi connectivity index (χ0) is 14.4. The van der Waals surface area contributed by atoms with Crippen molar-refractivity contribution in [3.63, 3.8) is 0 Å². The smallest absolute Gasteiger partial charge is 0.122 e. The minimum Gasteiger partial charge on any atom is -0.468 e. The summed E-state index contributed by atoms with van der Waals surface area (Å²) >= 11 is 0. The van der Waals surface area contributed by atoms with Gasteiger partial charge in [0.15, 0.2) is 0 Å². The fraction of sp³-hybridized carbons (Fsp3) is 0.733. The molecule has 0 saturated carbocycles. The first-order valence-electron chi connectivity index (χ1n) is 7.48. The van der Waals surface area contributed by atoms with Crippen LogP contribution in [0.2, 0.25) is 0 Å². The molecular formula is C15H28N4O. The molecule has 0 aromatic carbocycles. The van der Waals surface area contributed by atoms with E-state index in [2.05, 4.69) is 40.2 Å². The minimum atomic E-state index is 0.811. The molecular weight excluding hydrogens is 252 g/mol. The van der Waals surface area contributed by atoms with E-state index in [4.69, 9.17) is 4.42 Å². The Morgan fingerprint density at radius 2 is 1.90 bits per heavy atom. The molecule has 2 rings (SSSR count). The first-order valence-corrected chi connectivity index (χ1v) is 7.48. The number of piperazine rings is 1. The molecule has 1 fully saturated rings. The second-order valence-corrected chi connectivity index (χ2v) is 5.82. The normalized spacial score (nSPS) is 18.0. The molecule has 0 unspecified atom stereocenters. The van der Waals surface area contributed by atoms with Gasteiger partial charge >= 0.3 is 0 Å². The lowest BCUT2D eigenvalue weighted by Gasteiger charge is -2.35. The Morgan fingerprint density at radius 3 is 2.55 bits per heavy atom. The minimum absolute atomic E-state index is 0.811. The van der Waals surface area contributed by atoms with Crippen molar-refractivity contribution in [2.75, 3.05) is 60.4 Å². The van der Waals surface area contributed by atoms with E-state index in [9.17, 15) is 0 Å². The van der Waals surface area contributed by atoms with Gasteiger partial charge in [-0.2, -0.15) is 0 Å². The molecule has 1 N–H and O–H groups in total. The maximum absolute atomic E-state index is 5.53. The molecule has 2 heterocycles. The van der Waals surface area contributed by atoms with E-state index in [0.717, 1.165) is 38.5 Å². The molecule has 5 heteroatoms. The van der Waals surface area contributed by atoms with Gasteiger partial charge in [-0.05, 0) is 27.2 Å². The summed E-state index contributed by atoms with van der Waals surface area (Å²) in [6.07, 6.45) is 1.80. The summed E-state index contributed by atoms with van der Waals surface area (Å²) in [6.45, 7) is 8.79. The number of hydrogen-bond acceptors (Lipinski definition) is 5. The van der Waals surface area contributed by atoms with Gasteiger partial charge in [0, 0.05) is 51.4 Å². The average molecular weight is 280 g/mol. The van der Waals surface area contributed by atoms with Gasteiger partial charge < -0.3 is 14.6 Å². The number of nitrogens with zero attached hydrogens (tertiary/aromatic N) is 3. The summed E-state index contributed by atoms with van der Waals surface area (Å²) in [6, 6.07) is 2.10. The van der Waals surface area contributed by atoms with Crippen molar-refractivity contribution in [1.82, 2.24) is 20.0 Å². The Bertz CT molecular complexity index is 383. The molecule has 1 saturated heterocycles. The summed E-state index contributed by atoms with van der Waals surface area (Å²) in [5, 5.41) is 3.16. The zero-order valence-corrected chi connectivity index (χ0v) is 13.1. The summed E-state index contributed by atoms with van der Waals surface area (Å²) in [5.74, 6) is 1.07. The van der Waals surface area contributed by atoms with E-state index in [1.54, 1.807) is 6.26 Å². The topological polar surface area (TPSA) is 34.9 Å². The van der Waals surface area contributed by atoms with Gasteiger partial charge in [0.25, 0.3) is 0 Å². The van der Waals surface area contributed by atoms with Crippen LogP contribution in [-0.2, 0) is 13.1 Å². The van der Waals surface area contributed by atoms with Crippen molar-refractivity contribution in [3.8, 4) is 0 Å². The molecule has 0 atom stereocenters. The van der Waals surface area contributed by atoms with Gasteiger partial charge in [0.05, 0.1) is 12.8 Å². The van der Waals surface area contributed by atoms with E-state index in [-0.39, 0.29) is 0 Å². The first-order chi connectivity index (χ1) is 9.69. The highest BCUT2D eigenvalue weighted by Gasteiger charge is 2.18. The summed E-state index contributed by atoms with van der Waals surface area (Å²) < 4.78 is 5.53. The van der Waals surface area contributed by atoms with E-state index in [1.807, 2.05) is 7.05 Å². The molecule has 1 aliphatic heterocycles. The van der Waals surface area contributed by atoms with Gasteiger partial charge in [-0.15, -0.1) is 0 Å². The van der Waals surface area contributed by atoms with Crippen molar-refractivity contribution in [2.24, 2.45) is 0 Å². The molecule has 20 heavy (non-hydrogen) atoms. The van der Waals surface area contributed by atoms with Crippen LogP contribution < -0.4 is 5.32 Å². The first kappa shape index (κ1) is 15.5. The molecule has 114 valence electrons. The van der Waals surface area contributed by atoms with Crippen LogP contribution in [0.3, 0.4) is 0 Å². The van der Waals surface area contributed by atoms with Crippen LogP contribution in [0.1, 0.15) is 11.3 Å². The lowest BCUT2D eigenvalue weighted by Crippen LogP contribution is -2.47. The largest absolute Gasteiger partial charge is 0.468 e. The number of nitrogens with one attached hydrogen (secondary N) is 1. The molecule has 5 nitrogen and oxygen atoms in total. The second kappa shape index (κ2) is 7.78. The van der Waals surface area contributed by atoms with Gasteiger partial charge in [-0.3, -0.25) is 9.80 Å². The number of rotatable bonds is 7. The van der Waals surface area contributed by atoms with Crippen LogP contribution in [-0.4, -0.2) is 75.1 Å². The standard InChI is InChI=1S/C15H28N4O/c1-16-12-15-14(4-11-20-15)13-19-9-7-18(8-10-19)6-5-17(2)3/h4,11,16H,5-10,12-13H2,1-3H3. The summed E-state index contributed by atoms with van der Waals surface area (Å²) in [5.41, 5.74) is 1.32. The molecule has 0 amide bonds. The summed E-state index contributed by atoms with van der Waals surface area (Å²) in [4.78, 5) is 7.33. The van der Waals surface area contributed by atoms with Crippen molar-refractivity contribution in [3.05, 3.63) is 23.7 Å². The lowest BCUT2D eigenvalue weighted by atomic mass is 10.2. The predicted molar refractivity (Wildman–Crippen MR) is 81.7 cm³/mol. The molecule has 0 aliphatic carbocycles. The highest BCUT2D eigenvalue weighted by Crippen LogP contribution is 2.14. The highest BCUT2D eigenvalue weighted by molar-refractivity contribution is 5.16. The van der Waals surface area contributed by atoms with Crippen molar-refractivity contribution in [2.45, 2.75) is 13.1 Å². The Labute approximate surface area is 122 Å². The number of hydrogen-bond donors (Lipinski definition) is 1. The molecule has 0 radical (unpaired) electrons. The van der Waals surface area contributed by atoms with Crippen LogP contribution in [0, 0.1) is 0 Å². The van der Waals surface area contributed by atoms with E-state index in [0.29, 0.717) is 0 Å². The number of furan rings is 1.